The van der Waals surface area contributed by atoms with Gasteiger partial charge in [-0.3, -0.25) is 10.2 Å². The van der Waals surface area contributed by atoms with Gasteiger partial charge in [-0.2, -0.15) is 0 Å². The van der Waals surface area contributed by atoms with Gasteiger partial charge in [0.25, 0.3) is 0 Å². The molecule has 0 aromatic carbocycles. The normalized spacial score (nSPS) is 10.5. The molecule has 0 heterocycles. The zero-order chi connectivity index (χ0) is 6.41. The van der Waals surface area contributed by atoms with Gasteiger partial charge in [-0.25, -0.2) is 0 Å². The first-order valence-corrected chi connectivity index (χ1v) is 2.61. The zero-order valence-corrected chi connectivity index (χ0v) is 5.77. The maximum atomic E-state index is 4.75. The Kier molecular flexibility index (Phi) is 4.95. The van der Waals surface area contributed by atoms with E-state index >= 15 is 0 Å². The Bertz CT molecular complexity index is 47.7. The highest BCUT2D eigenvalue weighted by Crippen LogP contribution is 1.66. The van der Waals surface area contributed by atoms with Gasteiger partial charge in [-0.05, 0) is 14.1 Å². The number of nitrogens with zero attached hydrogens (tertiary/aromatic N) is 1. The van der Waals surface area contributed by atoms with Crippen molar-refractivity contribution in [1.29, 1.82) is 0 Å². The van der Waals surface area contributed by atoms with Crippen molar-refractivity contribution in [2.75, 3.05) is 34.6 Å². The lowest BCUT2D eigenvalue weighted by atomic mass is 10.8. The maximum Gasteiger partial charge on any atom is 0.0971 e. The first kappa shape index (κ1) is 7.88. The summed E-state index contributed by atoms with van der Waals surface area (Å²) >= 11 is 0. The van der Waals surface area contributed by atoms with Crippen molar-refractivity contribution in [2.45, 2.75) is 0 Å². The second kappa shape index (κ2) is 5.03. The maximum absolute atomic E-state index is 4.75. The summed E-state index contributed by atoms with van der Waals surface area (Å²) in [5.74, 6) is 0. The fourth-order valence-corrected chi connectivity index (χ4v) is 0.371. The number of hydrogen-bond acceptors (Lipinski definition) is 3. The molecule has 3 nitrogen and oxygen atoms in total. The van der Waals surface area contributed by atoms with E-state index in [1.165, 1.54) is 0 Å². The molecule has 50 valence electrons. The highest BCUT2D eigenvalue weighted by molar-refractivity contribution is 4.33. The van der Waals surface area contributed by atoms with Crippen LogP contribution in [0.15, 0.2) is 0 Å². The summed E-state index contributed by atoms with van der Waals surface area (Å²) in [6.45, 7) is 1.49. The van der Waals surface area contributed by atoms with Gasteiger partial charge in [-0.15, -0.1) is 0 Å². The summed E-state index contributed by atoms with van der Waals surface area (Å²) in [5.41, 5.74) is 0. The molecule has 0 unspecified atom stereocenters. The highest BCUT2D eigenvalue weighted by Gasteiger charge is 1.83. The van der Waals surface area contributed by atoms with E-state index in [-0.39, 0.29) is 0 Å². The molecule has 1 N–H and O–H groups in total. The van der Waals surface area contributed by atoms with E-state index in [0.717, 1.165) is 6.67 Å². The molecule has 0 spiro atoms. The molecular formula is C5H14N2O. The molecule has 0 bridgehead atoms. The molecule has 0 atom stereocenters. The summed E-state index contributed by atoms with van der Waals surface area (Å²) in [6, 6.07) is 0. The van der Waals surface area contributed by atoms with Crippen LogP contribution in [0.2, 0.25) is 0 Å². The summed E-state index contributed by atoms with van der Waals surface area (Å²) in [7, 11) is 5.67. The SMILES string of the molecule is COCNCN(C)C. The van der Waals surface area contributed by atoms with E-state index in [1.807, 2.05) is 19.0 Å². The monoisotopic (exact) mass is 118 g/mol. The third kappa shape index (κ3) is 5.88. The number of hydrogen-bond donors (Lipinski definition) is 1. The van der Waals surface area contributed by atoms with Gasteiger partial charge in [0.05, 0.1) is 6.73 Å². The molecule has 0 amide bonds. The average Bonchev–Trinajstić information content (AvgIpc) is 1.66. The van der Waals surface area contributed by atoms with Crippen LogP contribution in [0.25, 0.3) is 0 Å². The lowest BCUT2D eigenvalue weighted by Gasteiger charge is -2.09. The number of ether oxygens (including phenoxy) is 1. The Morgan fingerprint density at radius 3 is 2.50 bits per heavy atom. The molecule has 0 radical (unpaired) electrons. The fourth-order valence-electron chi connectivity index (χ4n) is 0.371. The topological polar surface area (TPSA) is 24.5 Å². The fraction of sp³-hybridized carbons (Fsp3) is 1.00. The van der Waals surface area contributed by atoms with Crippen LogP contribution in [0, 0.1) is 0 Å². The van der Waals surface area contributed by atoms with Gasteiger partial charge in [0, 0.05) is 13.8 Å². The van der Waals surface area contributed by atoms with Gasteiger partial charge >= 0.3 is 0 Å². The third-order valence-electron chi connectivity index (χ3n) is 0.674. The number of rotatable bonds is 4. The molecule has 0 aliphatic carbocycles. The van der Waals surface area contributed by atoms with Crippen LogP contribution < -0.4 is 5.32 Å². The van der Waals surface area contributed by atoms with Crippen LogP contribution in [0.5, 0.6) is 0 Å². The van der Waals surface area contributed by atoms with E-state index in [2.05, 4.69) is 5.32 Å². The van der Waals surface area contributed by atoms with Crippen molar-refractivity contribution in [3.8, 4) is 0 Å². The molecule has 0 aromatic rings. The Morgan fingerprint density at radius 2 is 2.12 bits per heavy atom. The lowest BCUT2D eigenvalue weighted by Crippen LogP contribution is -2.29. The van der Waals surface area contributed by atoms with Gasteiger partial charge in [-0.1, -0.05) is 0 Å². The second-order valence-corrected chi connectivity index (χ2v) is 1.92. The Balaban J connectivity index is 2.72. The van der Waals surface area contributed by atoms with Crippen LogP contribution in [0.3, 0.4) is 0 Å². The van der Waals surface area contributed by atoms with Gasteiger partial charge < -0.3 is 4.74 Å². The molecule has 0 saturated carbocycles. The quantitative estimate of drug-likeness (QED) is 0.405. The molecule has 8 heavy (non-hydrogen) atoms. The molecule has 0 aliphatic heterocycles. The van der Waals surface area contributed by atoms with E-state index < -0.39 is 0 Å². The van der Waals surface area contributed by atoms with Crippen molar-refractivity contribution in [3.63, 3.8) is 0 Å². The summed E-state index contributed by atoms with van der Waals surface area (Å²) < 4.78 is 4.75. The van der Waals surface area contributed by atoms with Gasteiger partial charge in [0.2, 0.25) is 0 Å². The van der Waals surface area contributed by atoms with Crippen molar-refractivity contribution in [2.24, 2.45) is 0 Å². The van der Waals surface area contributed by atoms with Crippen LogP contribution in [0.4, 0.5) is 0 Å². The predicted molar refractivity (Wildman–Crippen MR) is 33.6 cm³/mol. The average molecular weight is 118 g/mol. The van der Waals surface area contributed by atoms with E-state index in [1.54, 1.807) is 7.11 Å². The smallest absolute Gasteiger partial charge is 0.0971 e. The van der Waals surface area contributed by atoms with E-state index in [4.69, 9.17) is 4.74 Å². The Labute approximate surface area is 50.6 Å². The van der Waals surface area contributed by atoms with Crippen molar-refractivity contribution in [1.82, 2.24) is 10.2 Å². The molecule has 0 saturated heterocycles. The van der Waals surface area contributed by atoms with E-state index in [0.29, 0.717) is 6.73 Å². The molecule has 3 heteroatoms. The summed E-state index contributed by atoms with van der Waals surface area (Å²) in [4.78, 5) is 2.04. The highest BCUT2D eigenvalue weighted by atomic mass is 16.5. The van der Waals surface area contributed by atoms with Gasteiger partial charge in [0.15, 0.2) is 0 Å². The molecule has 0 aromatic heterocycles. The largest absolute Gasteiger partial charge is 0.370 e. The van der Waals surface area contributed by atoms with Crippen LogP contribution >= 0.6 is 0 Å². The minimum atomic E-state index is 0.623. The van der Waals surface area contributed by atoms with Crippen LogP contribution in [-0.4, -0.2) is 39.5 Å². The minimum Gasteiger partial charge on any atom is -0.370 e. The molecule has 0 rings (SSSR count). The first-order valence-electron chi connectivity index (χ1n) is 2.61. The Hall–Kier alpha value is -0.120. The van der Waals surface area contributed by atoms with Crippen LogP contribution in [-0.2, 0) is 4.74 Å². The van der Waals surface area contributed by atoms with Crippen molar-refractivity contribution >= 4 is 0 Å². The van der Waals surface area contributed by atoms with E-state index in [9.17, 15) is 0 Å². The molecular weight excluding hydrogens is 104 g/mol. The Morgan fingerprint density at radius 1 is 1.50 bits per heavy atom. The van der Waals surface area contributed by atoms with Crippen molar-refractivity contribution < 1.29 is 4.74 Å². The molecule has 0 aliphatic rings. The standard InChI is InChI=1S/C5H14N2O/c1-7(2)4-6-5-8-3/h6H,4-5H2,1-3H3. The minimum absolute atomic E-state index is 0.623. The first-order chi connectivity index (χ1) is 3.77. The third-order valence-corrected chi connectivity index (χ3v) is 0.674. The molecule has 0 fully saturated rings. The van der Waals surface area contributed by atoms with Crippen molar-refractivity contribution in [3.05, 3.63) is 0 Å². The number of nitrogens with one attached hydrogen (secondary N) is 1. The lowest BCUT2D eigenvalue weighted by molar-refractivity contribution is 0.160. The predicted octanol–water partition coefficient (Wildman–Crippen LogP) is -0.301. The zero-order valence-electron chi connectivity index (χ0n) is 5.77. The van der Waals surface area contributed by atoms with Gasteiger partial charge in [0.1, 0.15) is 0 Å². The second-order valence-electron chi connectivity index (χ2n) is 1.92. The van der Waals surface area contributed by atoms with Crippen LogP contribution in [0.1, 0.15) is 0 Å². The number of methoxy groups -OCH3 is 1. The summed E-state index contributed by atoms with van der Waals surface area (Å²) in [6.07, 6.45) is 0. The summed E-state index contributed by atoms with van der Waals surface area (Å²) in [5, 5.41) is 3.04.